The second kappa shape index (κ2) is 9.32. The van der Waals surface area contributed by atoms with Gasteiger partial charge in [-0.15, -0.1) is 11.3 Å². The zero-order valence-electron chi connectivity index (χ0n) is 18.4. The number of thiophene rings is 1. The number of urea groups is 1. The van der Waals surface area contributed by atoms with Gasteiger partial charge in [0.05, 0.1) is 11.9 Å². The molecule has 7 nitrogen and oxygen atoms in total. The van der Waals surface area contributed by atoms with E-state index in [4.69, 9.17) is 4.98 Å². The highest BCUT2D eigenvalue weighted by atomic mass is 32.2. The molecule has 1 fully saturated rings. The summed E-state index contributed by atoms with van der Waals surface area (Å²) in [6.07, 6.45) is 4.72. The summed E-state index contributed by atoms with van der Waals surface area (Å²) < 4.78 is 1.85. The van der Waals surface area contributed by atoms with Crippen molar-refractivity contribution in [3.8, 4) is 0 Å². The van der Waals surface area contributed by atoms with E-state index in [0.29, 0.717) is 37.1 Å². The summed E-state index contributed by atoms with van der Waals surface area (Å²) >= 11 is 3.23. The molecule has 3 amide bonds. The number of hydrogen-bond donors (Lipinski definition) is 1. The molecule has 1 atom stereocenters. The molecule has 168 valence electrons. The minimum atomic E-state index is -0.318. The number of imide groups is 1. The number of nitrogens with zero attached hydrogens (tertiary/aromatic N) is 3. The summed E-state index contributed by atoms with van der Waals surface area (Å²) in [5.41, 5.74) is 1.32. The molecular weight excluding hydrogens is 432 g/mol. The Morgan fingerprint density at radius 3 is 2.77 bits per heavy atom. The molecule has 0 aromatic carbocycles. The van der Waals surface area contributed by atoms with Gasteiger partial charge in [0.15, 0.2) is 5.16 Å². The highest BCUT2D eigenvalue weighted by molar-refractivity contribution is 7.99. The van der Waals surface area contributed by atoms with Gasteiger partial charge in [0, 0.05) is 23.7 Å². The number of rotatable bonds is 8. The van der Waals surface area contributed by atoms with Crippen molar-refractivity contribution in [3.05, 3.63) is 20.8 Å². The molecule has 1 N–H and O–H groups in total. The Morgan fingerprint density at radius 2 is 2.06 bits per heavy atom. The average Bonchev–Trinajstić information content (AvgIpc) is 3.23. The van der Waals surface area contributed by atoms with Crippen LogP contribution in [0.15, 0.2) is 9.95 Å². The molecular formula is C22H30N4O3S2. The predicted molar refractivity (Wildman–Crippen MR) is 125 cm³/mol. The van der Waals surface area contributed by atoms with Gasteiger partial charge in [-0.25, -0.2) is 9.78 Å². The number of fused-ring (bicyclic) bond motifs is 3. The van der Waals surface area contributed by atoms with Gasteiger partial charge in [-0.05, 0) is 49.5 Å². The van der Waals surface area contributed by atoms with Gasteiger partial charge in [-0.1, -0.05) is 32.5 Å². The highest BCUT2D eigenvalue weighted by Crippen LogP contribution is 2.36. The van der Waals surface area contributed by atoms with Gasteiger partial charge in [0.2, 0.25) is 5.91 Å². The molecule has 9 heteroatoms. The summed E-state index contributed by atoms with van der Waals surface area (Å²) in [7, 11) is 0. The first-order chi connectivity index (χ1) is 14.8. The van der Waals surface area contributed by atoms with Crippen LogP contribution in [0.5, 0.6) is 0 Å². The van der Waals surface area contributed by atoms with Crippen LogP contribution >= 0.6 is 23.1 Å². The molecule has 4 rings (SSSR count). The van der Waals surface area contributed by atoms with Crippen molar-refractivity contribution in [1.29, 1.82) is 0 Å². The fourth-order valence-corrected chi connectivity index (χ4v) is 6.54. The zero-order valence-corrected chi connectivity index (χ0v) is 20.0. The van der Waals surface area contributed by atoms with Crippen molar-refractivity contribution in [3.63, 3.8) is 0 Å². The van der Waals surface area contributed by atoms with Crippen LogP contribution < -0.4 is 10.9 Å². The second-order valence-electron chi connectivity index (χ2n) is 8.97. The number of aryl methyl sites for hydroxylation is 1. The number of hydrogen-bond acceptors (Lipinski definition) is 6. The molecule has 1 saturated heterocycles. The first-order valence-corrected chi connectivity index (χ1v) is 12.9. The Balaban J connectivity index is 1.57. The summed E-state index contributed by atoms with van der Waals surface area (Å²) in [4.78, 5) is 45.3. The largest absolute Gasteiger partial charge is 0.329 e. The van der Waals surface area contributed by atoms with Crippen LogP contribution in [0.3, 0.4) is 0 Å². The molecule has 0 radical (unpaired) electrons. The molecule has 2 aromatic heterocycles. The van der Waals surface area contributed by atoms with Gasteiger partial charge in [-0.2, -0.15) is 0 Å². The van der Waals surface area contributed by atoms with E-state index in [1.165, 1.54) is 15.3 Å². The maximum atomic E-state index is 13.5. The number of carbonyl (C=O) groups excluding carboxylic acids is 2. The Kier molecular flexibility index (Phi) is 6.71. The van der Waals surface area contributed by atoms with E-state index in [9.17, 15) is 14.4 Å². The Labute approximate surface area is 190 Å². The van der Waals surface area contributed by atoms with E-state index in [-0.39, 0.29) is 24.0 Å². The van der Waals surface area contributed by atoms with Crippen molar-refractivity contribution in [2.24, 2.45) is 11.8 Å². The fourth-order valence-electron chi connectivity index (χ4n) is 4.17. The standard InChI is InChI=1S/C22H30N4O3S2/c1-13(2)7-9-26-20(28)18-15-6-5-14(3)11-16(15)31-19(18)24-22(26)30-10-4-8-25-17(27)12-23-21(25)29/h13-14H,4-12H2,1-3H3,(H,23,29). The number of aromatic nitrogens is 2. The average molecular weight is 463 g/mol. The van der Waals surface area contributed by atoms with Crippen LogP contribution in [0, 0.1) is 11.8 Å². The smallest absolute Gasteiger partial charge is 0.324 e. The molecule has 0 bridgehead atoms. The lowest BCUT2D eigenvalue weighted by molar-refractivity contribution is -0.124. The normalized spacial score (nSPS) is 18.8. The van der Waals surface area contributed by atoms with E-state index in [1.807, 2.05) is 4.57 Å². The van der Waals surface area contributed by atoms with E-state index >= 15 is 0 Å². The SMILES string of the molecule is CC(C)CCn1c(SCCCN2C(=O)CNC2=O)nc2sc3c(c2c1=O)CCC(C)C3. The number of carbonyl (C=O) groups is 2. The molecule has 1 aliphatic carbocycles. The molecule has 0 spiro atoms. The molecule has 3 heterocycles. The lowest BCUT2D eigenvalue weighted by atomic mass is 9.89. The summed E-state index contributed by atoms with van der Waals surface area (Å²) in [6.45, 7) is 7.73. The van der Waals surface area contributed by atoms with Gasteiger partial charge in [0.1, 0.15) is 4.83 Å². The zero-order chi connectivity index (χ0) is 22.1. The van der Waals surface area contributed by atoms with E-state index < -0.39 is 0 Å². The van der Waals surface area contributed by atoms with Crippen LogP contribution in [0.4, 0.5) is 4.79 Å². The van der Waals surface area contributed by atoms with Crippen LogP contribution in [-0.4, -0.2) is 45.2 Å². The van der Waals surface area contributed by atoms with Crippen molar-refractivity contribution in [1.82, 2.24) is 19.8 Å². The number of thioether (sulfide) groups is 1. The van der Waals surface area contributed by atoms with Crippen molar-refractivity contribution in [2.45, 2.75) is 64.6 Å². The number of nitrogens with one attached hydrogen (secondary N) is 1. The minimum Gasteiger partial charge on any atom is -0.329 e. The van der Waals surface area contributed by atoms with Crippen LogP contribution in [0.1, 0.15) is 50.5 Å². The first-order valence-electron chi connectivity index (χ1n) is 11.1. The molecule has 31 heavy (non-hydrogen) atoms. The maximum absolute atomic E-state index is 13.5. The summed E-state index contributed by atoms with van der Waals surface area (Å²) in [5.74, 6) is 1.67. The van der Waals surface area contributed by atoms with E-state index in [0.717, 1.165) is 41.1 Å². The second-order valence-corrected chi connectivity index (χ2v) is 11.1. The van der Waals surface area contributed by atoms with Crippen LogP contribution in [-0.2, 0) is 24.2 Å². The first kappa shape index (κ1) is 22.3. The molecule has 2 aromatic rings. The van der Waals surface area contributed by atoms with Gasteiger partial charge < -0.3 is 5.32 Å². The van der Waals surface area contributed by atoms with Crippen molar-refractivity contribution >= 4 is 45.3 Å². The molecule has 2 aliphatic rings. The van der Waals surface area contributed by atoms with Crippen molar-refractivity contribution in [2.75, 3.05) is 18.8 Å². The maximum Gasteiger partial charge on any atom is 0.324 e. The Hall–Kier alpha value is -1.87. The predicted octanol–water partition coefficient (Wildman–Crippen LogP) is 3.66. The minimum absolute atomic E-state index is 0.0839. The quantitative estimate of drug-likeness (QED) is 0.280. The fraction of sp³-hybridized carbons (Fsp3) is 0.636. The van der Waals surface area contributed by atoms with E-state index in [1.54, 1.807) is 23.1 Å². The van der Waals surface area contributed by atoms with Gasteiger partial charge >= 0.3 is 6.03 Å². The monoisotopic (exact) mass is 462 g/mol. The lowest BCUT2D eigenvalue weighted by Gasteiger charge is -2.18. The summed E-state index contributed by atoms with van der Waals surface area (Å²) in [6, 6.07) is -0.318. The third kappa shape index (κ3) is 4.67. The summed E-state index contributed by atoms with van der Waals surface area (Å²) in [5, 5.41) is 4.13. The van der Waals surface area contributed by atoms with Crippen molar-refractivity contribution < 1.29 is 9.59 Å². The van der Waals surface area contributed by atoms with Crippen LogP contribution in [0.25, 0.3) is 10.2 Å². The van der Waals surface area contributed by atoms with Crippen LogP contribution in [0.2, 0.25) is 0 Å². The molecule has 0 saturated carbocycles. The topological polar surface area (TPSA) is 84.3 Å². The molecule has 1 unspecified atom stereocenters. The van der Waals surface area contributed by atoms with Gasteiger partial charge in [0.25, 0.3) is 5.56 Å². The third-order valence-electron chi connectivity index (χ3n) is 6.00. The van der Waals surface area contributed by atoms with E-state index in [2.05, 4.69) is 26.1 Å². The molecule has 1 aliphatic heterocycles. The highest BCUT2D eigenvalue weighted by Gasteiger charge is 2.28. The third-order valence-corrected chi connectivity index (χ3v) is 8.22. The number of amides is 3. The lowest BCUT2D eigenvalue weighted by Crippen LogP contribution is -2.32. The Morgan fingerprint density at radius 1 is 1.26 bits per heavy atom. The Bertz CT molecular complexity index is 1040. The van der Waals surface area contributed by atoms with Gasteiger partial charge in [-0.3, -0.25) is 19.1 Å².